The summed E-state index contributed by atoms with van der Waals surface area (Å²) in [5.41, 5.74) is 6.65. The monoisotopic (exact) mass is 310 g/mol. The molecule has 0 aliphatic carbocycles. The Labute approximate surface area is 126 Å². The number of benzene rings is 1. The van der Waals surface area contributed by atoms with Crippen LogP contribution >= 0.6 is 22.9 Å². The Morgan fingerprint density at radius 2 is 2.25 bits per heavy atom. The first-order valence-corrected chi connectivity index (χ1v) is 7.39. The third kappa shape index (κ3) is 3.65. The first-order chi connectivity index (χ1) is 9.60. The molecular weight excluding hydrogens is 296 g/mol. The van der Waals surface area contributed by atoms with Crippen LogP contribution < -0.4 is 15.8 Å². The lowest BCUT2D eigenvalue weighted by molar-refractivity contribution is 0.100. The van der Waals surface area contributed by atoms with E-state index in [0.29, 0.717) is 29.5 Å². The normalized spacial score (nSPS) is 10.3. The number of hydrogen-bond donors (Lipinski definition) is 2. The SMILES string of the molecule is CCOc1ccc(NCc2cc(C(N)=O)cs2)cc1Cl. The molecule has 0 fully saturated rings. The topological polar surface area (TPSA) is 64.3 Å². The zero-order valence-electron chi connectivity index (χ0n) is 11.0. The molecule has 6 heteroatoms. The molecule has 1 aromatic carbocycles. The van der Waals surface area contributed by atoms with Crippen molar-refractivity contribution in [3.05, 3.63) is 45.1 Å². The van der Waals surface area contributed by atoms with E-state index >= 15 is 0 Å². The predicted molar refractivity (Wildman–Crippen MR) is 82.8 cm³/mol. The van der Waals surface area contributed by atoms with E-state index in [9.17, 15) is 4.79 Å². The average molecular weight is 311 g/mol. The second-order valence-corrected chi connectivity index (χ2v) is 5.50. The van der Waals surface area contributed by atoms with Crippen LogP contribution in [0.5, 0.6) is 5.75 Å². The van der Waals surface area contributed by atoms with Gasteiger partial charge in [0.25, 0.3) is 0 Å². The van der Waals surface area contributed by atoms with E-state index in [-0.39, 0.29) is 0 Å². The van der Waals surface area contributed by atoms with Gasteiger partial charge in [0.05, 0.1) is 17.2 Å². The number of rotatable bonds is 6. The lowest BCUT2D eigenvalue weighted by Gasteiger charge is -2.09. The van der Waals surface area contributed by atoms with Gasteiger partial charge in [-0.2, -0.15) is 0 Å². The first-order valence-electron chi connectivity index (χ1n) is 6.13. The van der Waals surface area contributed by atoms with E-state index in [1.54, 1.807) is 11.4 Å². The van der Waals surface area contributed by atoms with E-state index in [1.165, 1.54) is 11.3 Å². The van der Waals surface area contributed by atoms with E-state index in [0.717, 1.165) is 10.6 Å². The number of thiophene rings is 1. The highest BCUT2D eigenvalue weighted by Crippen LogP contribution is 2.28. The minimum Gasteiger partial charge on any atom is -0.492 e. The molecule has 1 amide bonds. The summed E-state index contributed by atoms with van der Waals surface area (Å²) < 4.78 is 5.38. The van der Waals surface area contributed by atoms with Crippen LogP contribution in [0.3, 0.4) is 0 Å². The summed E-state index contributed by atoms with van der Waals surface area (Å²) in [6, 6.07) is 7.34. The zero-order valence-corrected chi connectivity index (χ0v) is 12.6. The number of nitrogens with two attached hydrogens (primary N) is 1. The molecule has 0 unspecified atom stereocenters. The largest absolute Gasteiger partial charge is 0.492 e. The Kier molecular flexibility index (Phi) is 4.87. The number of halogens is 1. The average Bonchev–Trinajstić information content (AvgIpc) is 2.88. The lowest BCUT2D eigenvalue weighted by Crippen LogP contribution is -2.09. The molecule has 20 heavy (non-hydrogen) atoms. The maximum Gasteiger partial charge on any atom is 0.249 e. The molecule has 0 atom stereocenters. The molecule has 0 bridgehead atoms. The van der Waals surface area contributed by atoms with Gasteiger partial charge in [0.1, 0.15) is 5.75 Å². The summed E-state index contributed by atoms with van der Waals surface area (Å²) in [5, 5.41) is 5.57. The molecular formula is C14H15ClN2O2S. The van der Waals surface area contributed by atoms with Crippen molar-refractivity contribution in [2.45, 2.75) is 13.5 Å². The highest BCUT2D eigenvalue weighted by Gasteiger charge is 2.06. The van der Waals surface area contributed by atoms with Crippen molar-refractivity contribution in [1.29, 1.82) is 0 Å². The van der Waals surface area contributed by atoms with Crippen LogP contribution in [0.15, 0.2) is 29.6 Å². The van der Waals surface area contributed by atoms with Crippen LogP contribution in [0.4, 0.5) is 5.69 Å². The summed E-state index contributed by atoms with van der Waals surface area (Å²) >= 11 is 7.60. The van der Waals surface area contributed by atoms with E-state index in [2.05, 4.69) is 5.32 Å². The van der Waals surface area contributed by atoms with E-state index in [4.69, 9.17) is 22.1 Å². The molecule has 0 saturated heterocycles. The number of ether oxygens (including phenoxy) is 1. The van der Waals surface area contributed by atoms with Gasteiger partial charge in [-0.05, 0) is 31.2 Å². The van der Waals surface area contributed by atoms with Gasteiger partial charge in [-0.15, -0.1) is 11.3 Å². The smallest absolute Gasteiger partial charge is 0.249 e. The van der Waals surface area contributed by atoms with Crippen molar-refractivity contribution in [3.63, 3.8) is 0 Å². The van der Waals surface area contributed by atoms with Crippen molar-refractivity contribution >= 4 is 34.5 Å². The number of amides is 1. The van der Waals surface area contributed by atoms with Gasteiger partial charge in [0.2, 0.25) is 5.91 Å². The Balaban J connectivity index is 1.99. The minimum absolute atomic E-state index is 0.406. The lowest BCUT2D eigenvalue weighted by atomic mass is 10.2. The quantitative estimate of drug-likeness (QED) is 0.858. The summed E-state index contributed by atoms with van der Waals surface area (Å²) in [7, 11) is 0. The molecule has 0 aliphatic rings. The van der Waals surface area contributed by atoms with Gasteiger partial charge in [-0.1, -0.05) is 11.6 Å². The number of hydrogen-bond acceptors (Lipinski definition) is 4. The fourth-order valence-electron chi connectivity index (χ4n) is 1.68. The molecule has 0 saturated carbocycles. The third-order valence-corrected chi connectivity index (χ3v) is 3.87. The number of carbonyl (C=O) groups is 1. The van der Waals surface area contributed by atoms with Crippen LogP contribution in [0.1, 0.15) is 22.2 Å². The van der Waals surface area contributed by atoms with Gasteiger partial charge in [-0.25, -0.2) is 0 Å². The standard InChI is InChI=1S/C14H15ClN2O2S/c1-2-19-13-4-3-10(6-12(13)15)17-7-11-5-9(8-20-11)14(16)18/h3-6,8,17H,2,7H2,1H3,(H2,16,18). The van der Waals surface area contributed by atoms with Crippen LogP contribution in [-0.2, 0) is 6.54 Å². The summed E-state index contributed by atoms with van der Waals surface area (Å²) in [4.78, 5) is 12.0. The summed E-state index contributed by atoms with van der Waals surface area (Å²) in [6.45, 7) is 3.11. The molecule has 106 valence electrons. The van der Waals surface area contributed by atoms with Gasteiger partial charge in [0, 0.05) is 22.5 Å². The molecule has 1 aromatic heterocycles. The number of nitrogens with one attached hydrogen (secondary N) is 1. The number of primary amides is 1. The molecule has 3 N–H and O–H groups in total. The predicted octanol–water partition coefficient (Wildman–Crippen LogP) is 3.51. The summed E-state index contributed by atoms with van der Waals surface area (Å²) in [5.74, 6) is 0.267. The Morgan fingerprint density at radius 1 is 1.45 bits per heavy atom. The molecule has 2 aromatic rings. The zero-order chi connectivity index (χ0) is 14.5. The van der Waals surface area contributed by atoms with Crippen LogP contribution in [0.25, 0.3) is 0 Å². The number of anilines is 1. The van der Waals surface area contributed by atoms with Crippen LogP contribution in [0.2, 0.25) is 5.02 Å². The van der Waals surface area contributed by atoms with Crippen molar-refractivity contribution < 1.29 is 9.53 Å². The molecule has 0 radical (unpaired) electrons. The second-order valence-electron chi connectivity index (χ2n) is 4.10. The maximum absolute atomic E-state index is 11.0. The minimum atomic E-state index is -0.406. The Morgan fingerprint density at radius 3 is 2.85 bits per heavy atom. The highest BCUT2D eigenvalue weighted by atomic mass is 35.5. The molecule has 1 heterocycles. The molecule has 2 rings (SSSR count). The first kappa shape index (κ1) is 14.7. The van der Waals surface area contributed by atoms with E-state index in [1.807, 2.05) is 25.1 Å². The van der Waals surface area contributed by atoms with Crippen molar-refractivity contribution in [2.75, 3.05) is 11.9 Å². The Bertz CT molecular complexity index is 613. The third-order valence-electron chi connectivity index (χ3n) is 2.64. The summed E-state index contributed by atoms with van der Waals surface area (Å²) in [6.07, 6.45) is 0. The van der Waals surface area contributed by atoms with Gasteiger partial charge in [0.15, 0.2) is 0 Å². The van der Waals surface area contributed by atoms with Gasteiger partial charge in [-0.3, -0.25) is 4.79 Å². The fraction of sp³-hybridized carbons (Fsp3) is 0.214. The Hall–Kier alpha value is -1.72. The second kappa shape index (κ2) is 6.63. The molecule has 0 aliphatic heterocycles. The van der Waals surface area contributed by atoms with Gasteiger partial charge < -0.3 is 15.8 Å². The maximum atomic E-state index is 11.0. The van der Waals surface area contributed by atoms with Crippen molar-refractivity contribution in [2.24, 2.45) is 5.73 Å². The number of carbonyl (C=O) groups excluding carboxylic acids is 1. The fourth-order valence-corrected chi connectivity index (χ4v) is 2.72. The van der Waals surface area contributed by atoms with Crippen molar-refractivity contribution in [3.8, 4) is 5.75 Å². The van der Waals surface area contributed by atoms with Crippen LogP contribution in [-0.4, -0.2) is 12.5 Å². The molecule has 0 spiro atoms. The van der Waals surface area contributed by atoms with E-state index < -0.39 is 5.91 Å². The van der Waals surface area contributed by atoms with Gasteiger partial charge >= 0.3 is 0 Å². The highest BCUT2D eigenvalue weighted by molar-refractivity contribution is 7.10. The van der Waals surface area contributed by atoms with Crippen LogP contribution in [0, 0.1) is 0 Å². The molecule has 4 nitrogen and oxygen atoms in total. The van der Waals surface area contributed by atoms with Crippen molar-refractivity contribution in [1.82, 2.24) is 0 Å².